The number of ether oxygens (including phenoxy) is 1. The van der Waals surface area contributed by atoms with E-state index in [1.165, 1.54) is 0 Å². The first-order valence-electron chi connectivity index (χ1n) is 11.5. The molecule has 6 nitrogen and oxygen atoms in total. The van der Waals surface area contributed by atoms with Crippen LogP contribution in [0.15, 0.2) is 60.8 Å². The summed E-state index contributed by atoms with van der Waals surface area (Å²) in [6, 6.07) is 17.8. The van der Waals surface area contributed by atoms with Crippen molar-refractivity contribution in [1.82, 2.24) is 14.9 Å². The normalized spacial score (nSPS) is 16.4. The number of hydrogen-bond acceptors (Lipinski definition) is 5. The molecule has 1 unspecified atom stereocenters. The molecule has 1 fully saturated rings. The minimum absolute atomic E-state index is 0.154. The third kappa shape index (κ3) is 5.16. The van der Waals surface area contributed by atoms with E-state index < -0.39 is 5.41 Å². The van der Waals surface area contributed by atoms with Crippen LogP contribution in [0.1, 0.15) is 49.6 Å². The molecule has 1 N–H and O–H groups in total. The van der Waals surface area contributed by atoms with Gasteiger partial charge in [-0.05, 0) is 75.6 Å². The lowest BCUT2D eigenvalue weighted by atomic mass is 9.82. The van der Waals surface area contributed by atoms with Crippen molar-refractivity contribution in [3.63, 3.8) is 0 Å². The Hall–Kier alpha value is -3.41. The zero-order valence-electron chi connectivity index (χ0n) is 19.8. The molecule has 2 aromatic heterocycles. The number of hydrogen-bond donors (Lipinski definition) is 1. The van der Waals surface area contributed by atoms with Crippen molar-refractivity contribution >= 4 is 17.4 Å². The highest BCUT2D eigenvalue weighted by atomic mass is 16.5. The smallest absolute Gasteiger partial charge is 0.232 e. The molecule has 1 amide bonds. The van der Waals surface area contributed by atoms with E-state index in [-0.39, 0.29) is 11.8 Å². The Labute approximate surface area is 196 Å². The first-order chi connectivity index (χ1) is 15.9. The number of nitrogens with one attached hydrogen (secondary N) is 1. The van der Waals surface area contributed by atoms with Crippen molar-refractivity contribution < 1.29 is 9.53 Å². The summed E-state index contributed by atoms with van der Waals surface area (Å²) >= 11 is 0. The first kappa shape index (κ1) is 22.8. The van der Waals surface area contributed by atoms with Gasteiger partial charge in [-0.1, -0.05) is 18.2 Å². The van der Waals surface area contributed by atoms with Crippen LogP contribution in [0.3, 0.4) is 0 Å². The fourth-order valence-corrected chi connectivity index (χ4v) is 4.41. The van der Waals surface area contributed by atoms with E-state index in [9.17, 15) is 4.79 Å². The molecule has 1 aliphatic rings. The lowest BCUT2D eigenvalue weighted by molar-refractivity contribution is -0.137. The lowest BCUT2D eigenvalue weighted by Gasteiger charge is -2.37. The van der Waals surface area contributed by atoms with Crippen LogP contribution in [-0.4, -0.2) is 41.0 Å². The third-order valence-corrected chi connectivity index (χ3v) is 6.42. The lowest BCUT2D eigenvalue weighted by Crippen LogP contribution is -2.47. The van der Waals surface area contributed by atoms with Crippen LogP contribution in [0.25, 0.3) is 0 Å². The number of anilines is 2. The van der Waals surface area contributed by atoms with Crippen molar-refractivity contribution in [2.45, 2.75) is 44.9 Å². The highest BCUT2D eigenvalue weighted by Gasteiger charge is 2.36. The van der Waals surface area contributed by atoms with Crippen LogP contribution < -0.4 is 10.1 Å². The van der Waals surface area contributed by atoms with Gasteiger partial charge in [-0.2, -0.15) is 0 Å². The predicted molar refractivity (Wildman–Crippen MR) is 131 cm³/mol. The van der Waals surface area contributed by atoms with Gasteiger partial charge in [0, 0.05) is 30.4 Å². The van der Waals surface area contributed by atoms with Gasteiger partial charge in [-0.25, -0.2) is 4.98 Å². The quantitative estimate of drug-likeness (QED) is 0.564. The van der Waals surface area contributed by atoms with Crippen molar-refractivity contribution in [1.29, 1.82) is 0 Å². The van der Waals surface area contributed by atoms with Gasteiger partial charge in [0.05, 0.1) is 24.4 Å². The average molecular weight is 445 g/mol. The van der Waals surface area contributed by atoms with Crippen molar-refractivity contribution in [3.8, 4) is 5.75 Å². The molecule has 1 aliphatic heterocycles. The SMILES string of the molecule is COc1ccc(C(C)(C)C(=O)N2CCCC(c3ccc(Nc4cccc(C)n4)cn3)C2)cc1. The molecule has 0 saturated carbocycles. The van der Waals surface area contributed by atoms with E-state index >= 15 is 0 Å². The maximum absolute atomic E-state index is 13.5. The number of carbonyl (C=O) groups excluding carboxylic acids is 1. The summed E-state index contributed by atoms with van der Waals surface area (Å²) in [6.45, 7) is 7.45. The van der Waals surface area contributed by atoms with E-state index in [0.717, 1.165) is 53.6 Å². The number of benzene rings is 1. The van der Waals surface area contributed by atoms with Gasteiger partial charge in [0.2, 0.25) is 5.91 Å². The van der Waals surface area contributed by atoms with Gasteiger partial charge in [0.25, 0.3) is 0 Å². The molecule has 4 rings (SSSR count). The second-order valence-electron chi connectivity index (χ2n) is 9.20. The molecule has 0 spiro atoms. The van der Waals surface area contributed by atoms with Crippen LogP contribution in [0.5, 0.6) is 5.75 Å². The minimum Gasteiger partial charge on any atom is -0.497 e. The summed E-state index contributed by atoms with van der Waals surface area (Å²) in [5, 5.41) is 3.30. The third-order valence-electron chi connectivity index (χ3n) is 6.42. The molecule has 0 radical (unpaired) electrons. The monoisotopic (exact) mass is 444 g/mol. The van der Waals surface area contributed by atoms with Crippen LogP contribution >= 0.6 is 0 Å². The van der Waals surface area contributed by atoms with E-state index in [4.69, 9.17) is 9.72 Å². The summed E-state index contributed by atoms with van der Waals surface area (Å²) in [7, 11) is 1.65. The first-order valence-corrected chi connectivity index (χ1v) is 11.5. The summed E-state index contributed by atoms with van der Waals surface area (Å²) < 4.78 is 5.26. The Balaban J connectivity index is 1.43. The number of nitrogens with zero attached hydrogens (tertiary/aromatic N) is 3. The van der Waals surface area contributed by atoms with Gasteiger partial charge in [-0.3, -0.25) is 9.78 Å². The number of aromatic nitrogens is 2. The highest BCUT2D eigenvalue weighted by Crippen LogP contribution is 2.32. The summed E-state index contributed by atoms with van der Waals surface area (Å²) in [5.41, 5.74) is 3.29. The number of likely N-dealkylation sites (tertiary alicyclic amines) is 1. The fraction of sp³-hybridized carbons (Fsp3) is 0.370. The molecule has 3 heterocycles. The second-order valence-corrected chi connectivity index (χ2v) is 9.20. The van der Waals surface area contributed by atoms with Gasteiger partial charge >= 0.3 is 0 Å². The number of aryl methyl sites for hydroxylation is 1. The topological polar surface area (TPSA) is 67.3 Å². The van der Waals surface area contributed by atoms with Crippen LogP contribution in [0, 0.1) is 6.92 Å². The van der Waals surface area contributed by atoms with Gasteiger partial charge in [-0.15, -0.1) is 0 Å². The molecular formula is C27H32N4O2. The number of methoxy groups -OCH3 is 1. The Morgan fingerprint density at radius 3 is 2.58 bits per heavy atom. The molecular weight excluding hydrogens is 412 g/mol. The Kier molecular flexibility index (Phi) is 6.63. The highest BCUT2D eigenvalue weighted by molar-refractivity contribution is 5.87. The number of pyridine rings is 2. The molecule has 1 atom stereocenters. The number of piperidine rings is 1. The Bertz CT molecular complexity index is 1090. The van der Waals surface area contributed by atoms with E-state index in [1.54, 1.807) is 7.11 Å². The van der Waals surface area contributed by atoms with Gasteiger partial charge < -0.3 is 15.0 Å². The Morgan fingerprint density at radius 2 is 1.91 bits per heavy atom. The number of amides is 1. The maximum Gasteiger partial charge on any atom is 0.232 e. The number of carbonyl (C=O) groups is 1. The minimum atomic E-state index is -0.601. The summed E-state index contributed by atoms with van der Waals surface area (Å²) in [6.07, 6.45) is 3.86. The molecule has 1 saturated heterocycles. The van der Waals surface area contributed by atoms with E-state index in [2.05, 4.69) is 16.4 Å². The van der Waals surface area contributed by atoms with Crippen molar-refractivity contribution in [3.05, 3.63) is 77.7 Å². The zero-order valence-corrected chi connectivity index (χ0v) is 19.8. The van der Waals surface area contributed by atoms with Crippen LogP contribution in [0.2, 0.25) is 0 Å². The van der Waals surface area contributed by atoms with Gasteiger partial charge in [0.1, 0.15) is 11.6 Å². The molecule has 6 heteroatoms. The van der Waals surface area contributed by atoms with E-state index in [0.29, 0.717) is 6.54 Å². The molecule has 172 valence electrons. The van der Waals surface area contributed by atoms with Crippen molar-refractivity contribution in [2.75, 3.05) is 25.5 Å². The summed E-state index contributed by atoms with van der Waals surface area (Å²) in [4.78, 5) is 24.7. The fourth-order valence-electron chi connectivity index (χ4n) is 4.41. The van der Waals surface area contributed by atoms with E-state index in [1.807, 2.05) is 80.4 Å². The number of rotatable bonds is 6. The van der Waals surface area contributed by atoms with Gasteiger partial charge in [0.15, 0.2) is 0 Å². The van der Waals surface area contributed by atoms with Crippen LogP contribution in [-0.2, 0) is 10.2 Å². The molecule has 3 aromatic rings. The molecule has 33 heavy (non-hydrogen) atoms. The summed E-state index contributed by atoms with van der Waals surface area (Å²) in [5.74, 6) is 1.99. The molecule has 1 aromatic carbocycles. The predicted octanol–water partition coefficient (Wildman–Crippen LogP) is 5.22. The maximum atomic E-state index is 13.5. The Morgan fingerprint density at radius 1 is 1.12 bits per heavy atom. The standard InChI is InChI=1S/C27H32N4O2/c1-19-7-5-9-25(29-19)30-22-12-15-24(28-17-22)20-8-6-16-31(18-20)26(32)27(2,3)21-10-13-23(33-4)14-11-21/h5,7,9-15,17,20H,6,8,16,18H2,1-4H3,(H,29,30). The molecule has 0 aliphatic carbocycles. The molecule has 0 bridgehead atoms. The second kappa shape index (κ2) is 9.61. The van der Waals surface area contributed by atoms with Crippen LogP contribution in [0.4, 0.5) is 11.5 Å². The largest absolute Gasteiger partial charge is 0.497 e. The average Bonchev–Trinajstić information content (AvgIpc) is 2.84. The zero-order chi connectivity index (χ0) is 23.4. The van der Waals surface area contributed by atoms with Crippen molar-refractivity contribution in [2.24, 2.45) is 0 Å².